The van der Waals surface area contributed by atoms with Gasteiger partial charge in [-0.1, -0.05) is 60.2 Å². The van der Waals surface area contributed by atoms with Crippen LogP contribution in [0.3, 0.4) is 0 Å². The first-order chi connectivity index (χ1) is 14.7. The summed E-state index contributed by atoms with van der Waals surface area (Å²) < 4.78 is 5.63. The highest BCUT2D eigenvalue weighted by Crippen LogP contribution is 2.22. The first-order valence-electron chi connectivity index (χ1n) is 9.66. The number of nitrogens with zero attached hydrogens (tertiary/aromatic N) is 2. The summed E-state index contributed by atoms with van der Waals surface area (Å²) in [5, 5.41) is 2.96. The van der Waals surface area contributed by atoms with Crippen LogP contribution >= 0.6 is 0 Å². The van der Waals surface area contributed by atoms with Gasteiger partial charge in [0.2, 0.25) is 0 Å². The van der Waals surface area contributed by atoms with E-state index in [2.05, 4.69) is 15.3 Å². The van der Waals surface area contributed by atoms with Crippen LogP contribution in [0.15, 0.2) is 91.3 Å². The van der Waals surface area contributed by atoms with Crippen molar-refractivity contribution in [1.29, 1.82) is 0 Å². The Kier molecular flexibility index (Phi) is 5.80. The number of aryl methyl sites for hydroxylation is 1. The van der Waals surface area contributed by atoms with Crippen LogP contribution < -0.4 is 10.1 Å². The minimum atomic E-state index is -0.123. The van der Waals surface area contributed by atoms with Crippen LogP contribution in [0.4, 0.5) is 0 Å². The van der Waals surface area contributed by atoms with Gasteiger partial charge < -0.3 is 10.1 Å². The van der Waals surface area contributed by atoms with E-state index in [1.54, 1.807) is 18.5 Å². The average Bonchev–Trinajstić information content (AvgIpc) is 2.80. The van der Waals surface area contributed by atoms with Gasteiger partial charge in [0.1, 0.15) is 5.75 Å². The zero-order valence-corrected chi connectivity index (χ0v) is 16.6. The first kappa shape index (κ1) is 19.3. The summed E-state index contributed by atoms with van der Waals surface area (Å²) in [6, 6.07) is 25.2. The summed E-state index contributed by atoms with van der Waals surface area (Å²) in [7, 11) is 0. The number of para-hydroxylation sites is 1. The predicted octanol–water partition coefficient (Wildman–Crippen LogP) is 5.17. The van der Waals surface area contributed by atoms with E-state index in [0.717, 1.165) is 16.7 Å². The average molecular weight is 395 g/mol. The van der Waals surface area contributed by atoms with Crippen molar-refractivity contribution in [2.45, 2.75) is 13.5 Å². The third-order valence-corrected chi connectivity index (χ3v) is 4.61. The first-order valence-corrected chi connectivity index (χ1v) is 9.66. The van der Waals surface area contributed by atoms with Crippen molar-refractivity contribution in [3.05, 3.63) is 108 Å². The van der Waals surface area contributed by atoms with Gasteiger partial charge in [0.15, 0.2) is 0 Å². The van der Waals surface area contributed by atoms with Crippen molar-refractivity contribution < 1.29 is 9.53 Å². The van der Waals surface area contributed by atoms with Crippen LogP contribution in [0.1, 0.15) is 21.5 Å². The summed E-state index contributed by atoms with van der Waals surface area (Å²) in [6.45, 7) is 2.52. The Morgan fingerprint density at radius 2 is 1.60 bits per heavy atom. The van der Waals surface area contributed by atoms with Crippen molar-refractivity contribution >= 4 is 5.91 Å². The quantitative estimate of drug-likeness (QED) is 0.489. The van der Waals surface area contributed by atoms with Crippen molar-refractivity contribution in [2.75, 3.05) is 0 Å². The van der Waals surface area contributed by atoms with Crippen LogP contribution in [-0.2, 0) is 6.54 Å². The highest BCUT2D eigenvalue weighted by molar-refractivity contribution is 5.95. The normalized spacial score (nSPS) is 10.4. The van der Waals surface area contributed by atoms with Crippen molar-refractivity contribution in [2.24, 2.45) is 0 Å². The van der Waals surface area contributed by atoms with Gasteiger partial charge in [-0.15, -0.1) is 0 Å². The van der Waals surface area contributed by atoms with Gasteiger partial charge in [0, 0.05) is 30.1 Å². The number of hydrogen-bond acceptors (Lipinski definition) is 4. The molecule has 0 saturated carbocycles. The molecule has 3 aromatic carbocycles. The molecule has 5 heteroatoms. The van der Waals surface area contributed by atoms with Gasteiger partial charge in [-0.25, -0.2) is 9.97 Å². The lowest BCUT2D eigenvalue weighted by atomic mass is 10.1. The molecule has 5 nitrogen and oxygen atoms in total. The predicted molar refractivity (Wildman–Crippen MR) is 116 cm³/mol. The Bertz CT molecular complexity index is 1130. The number of amides is 1. The molecule has 30 heavy (non-hydrogen) atoms. The molecule has 0 atom stereocenters. The van der Waals surface area contributed by atoms with Crippen molar-refractivity contribution in [3.8, 4) is 22.9 Å². The fourth-order valence-electron chi connectivity index (χ4n) is 2.94. The molecule has 4 aromatic rings. The van der Waals surface area contributed by atoms with Gasteiger partial charge >= 0.3 is 6.01 Å². The number of hydrogen-bond donors (Lipinski definition) is 1. The molecule has 148 valence electrons. The van der Waals surface area contributed by atoms with Gasteiger partial charge in [0.05, 0.1) is 0 Å². The highest BCUT2D eigenvalue weighted by atomic mass is 16.5. The number of nitrogens with one attached hydrogen (secondary N) is 1. The number of benzene rings is 3. The van der Waals surface area contributed by atoms with Crippen LogP contribution in [0, 0.1) is 6.92 Å². The molecule has 0 saturated heterocycles. The molecule has 1 aromatic heterocycles. The van der Waals surface area contributed by atoms with Crippen LogP contribution in [0.25, 0.3) is 11.1 Å². The lowest BCUT2D eigenvalue weighted by Gasteiger charge is -2.08. The monoisotopic (exact) mass is 395 g/mol. The van der Waals surface area contributed by atoms with Crippen molar-refractivity contribution in [1.82, 2.24) is 15.3 Å². The van der Waals surface area contributed by atoms with E-state index < -0.39 is 0 Å². The number of ether oxygens (including phenoxy) is 1. The summed E-state index contributed by atoms with van der Waals surface area (Å²) in [6.07, 6.45) is 3.38. The zero-order valence-electron chi connectivity index (χ0n) is 16.6. The van der Waals surface area contributed by atoms with E-state index in [4.69, 9.17) is 4.74 Å². The molecule has 0 bridgehead atoms. The third kappa shape index (κ3) is 4.89. The van der Waals surface area contributed by atoms with Crippen LogP contribution in [-0.4, -0.2) is 15.9 Å². The molecule has 1 amide bonds. The van der Waals surface area contributed by atoms with Gasteiger partial charge in [-0.2, -0.15) is 0 Å². The Labute approximate surface area is 175 Å². The fraction of sp³-hybridized carbons (Fsp3) is 0.0800. The fourth-order valence-corrected chi connectivity index (χ4v) is 2.94. The molecule has 0 aliphatic heterocycles. The zero-order chi connectivity index (χ0) is 20.8. The summed E-state index contributed by atoms with van der Waals surface area (Å²) in [5.74, 6) is 0.555. The second-order valence-electron chi connectivity index (χ2n) is 6.92. The van der Waals surface area contributed by atoms with Crippen LogP contribution in [0.5, 0.6) is 11.8 Å². The second-order valence-corrected chi connectivity index (χ2v) is 6.92. The topological polar surface area (TPSA) is 64.1 Å². The minimum Gasteiger partial charge on any atom is -0.424 e. The number of aromatic nitrogens is 2. The molecule has 0 fully saturated rings. The van der Waals surface area contributed by atoms with Gasteiger partial charge in [0.25, 0.3) is 5.91 Å². The number of carbonyl (C=O) groups is 1. The molecule has 4 rings (SSSR count). The molecular formula is C25H21N3O2. The van der Waals surface area contributed by atoms with Crippen LogP contribution in [0.2, 0.25) is 0 Å². The van der Waals surface area contributed by atoms with Gasteiger partial charge in [-0.05, 0) is 42.3 Å². The Morgan fingerprint density at radius 3 is 2.33 bits per heavy atom. The lowest BCUT2D eigenvalue weighted by Crippen LogP contribution is -2.22. The minimum absolute atomic E-state index is 0.123. The van der Waals surface area contributed by atoms with E-state index in [1.165, 1.54) is 5.56 Å². The molecule has 0 aliphatic rings. The Balaban J connectivity index is 1.43. The molecule has 0 unspecified atom stereocenters. The standard InChI is InChI=1S/C25H21N3O2/c1-18-10-12-19(13-11-18)15-26-24(29)21-7-5-6-20(14-21)22-16-27-25(28-17-22)30-23-8-3-2-4-9-23/h2-14,16-17H,15H2,1H3,(H,26,29). The maximum Gasteiger partial charge on any atom is 0.321 e. The highest BCUT2D eigenvalue weighted by Gasteiger charge is 2.08. The second kappa shape index (κ2) is 9.01. The smallest absolute Gasteiger partial charge is 0.321 e. The maximum atomic E-state index is 12.6. The SMILES string of the molecule is Cc1ccc(CNC(=O)c2cccc(-c3cnc(Oc4ccccc4)nc3)c2)cc1. The van der Waals surface area contributed by atoms with E-state index in [9.17, 15) is 4.79 Å². The summed E-state index contributed by atoms with van der Waals surface area (Å²) >= 11 is 0. The molecule has 1 N–H and O–H groups in total. The molecule has 0 aliphatic carbocycles. The molecule has 0 radical (unpaired) electrons. The molecule has 0 spiro atoms. The summed E-state index contributed by atoms with van der Waals surface area (Å²) in [5.41, 5.74) is 4.52. The number of carbonyl (C=O) groups excluding carboxylic acids is 1. The van der Waals surface area contributed by atoms with E-state index in [1.807, 2.05) is 79.7 Å². The van der Waals surface area contributed by atoms with E-state index >= 15 is 0 Å². The van der Waals surface area contributed by atoms with Gasteiger partial charge in [-0.3, -0.25) is 4.79 Å². The van der Waals surface area contributed by atoms with E-state index in [0.29, 0.717) is 17.9 Å². The van der Waals surface area contributed by atoms with E-state index in [-0.39, 0.29) is 11.9 Å². The molecular weight excluding hydrogens is 374 g/mol. The number of rotatable bonds is 6. The largest absolute Gasteiger partial charge is 0.424 e. The lowest BCUT2D eigenvalue weighted by molar-refractivity contribution is 0.0951. The maximum absolute atomic E-state index is 12.6. The third-order valence-electron chi connectivity index (χ3n) is 4.61. The van der Waals surface area contributed by atoms with Crippen molar-refractivity contribution in [3.63, 3.8) is 0 Å². The summed E-state index contributed by atoms with van der Waals surface area (Å²) in [4.78, 5) is 21.1. The Hall–Kier alpha value is -3.99. The molecule has 1 heterocycles. The Morgan fingerprint density at radius 1 is 0.867 bits per heavy atom.